The molecule has 10 heteroatoms. The van der Waals surface area contributed by atoms with E-state index in [9.17, 15) is 18.0 Å². The van der Waals surface area contributed by atoms with Crippen molar-refractivity contribution in [2.45, 2.75) is 52.2 Å². The van der Waals surface area contributed by atoms with Crippen molar-refractivity contribution in [3.8, 4) is 0 Å². The molecule has 0 spiro atoms. The average molecular weight is 529 g/mol. The molecule has 1 atom stereocenters. The van der Waals surface area contributed by atoms with Crippen molar-refractivity contribution >= 4 is 50.7 Å². The first-order valence-corrected chi connectivity index (χ1v) is 13.4. The molecule has 0 aliphatic rings. The molecule has 0 aromatic heterocycles. The van der Waals surface area contributed by atoms with Crippen LogP contribution in [-0.4, -0.2) is 49.5 Å². The summed E-state index contributed by atoms with van der Waals surface area (Å²) in [5, 5.41) is 3.60. The number of nitrogens with zero attached hydrogens (tertiary/aromatic N) is 2. The Kier molecular flexibility index (Phi) is 9.39. The molecule has 0 radical (unpaired) electrons. The van der Waals surface area contributed by atoms with Gasteiger partial charge in [0.1, 0.15) is 12.6 Å². The summed E-state index contributed by atoms with van der Waals surface area (Å²) < 4.78 is 26.1. The second-order valence-electron chi connectivity index (χ2n) is 9.04. The molecular weight excluding hydrogens is 497 g/mol. The van der Waals surface area contributed by atoms with Crippen LogP contribution in [0.25, 0.3) is 0 Å². The molecule has 0 aliphatic heterocycles. The number of carbonyl (C=O) groups is 2. The predicted octanol–water partition coefficient (Wildman–Crippen LogP) is 4.48. The van der Waals surface area contributed by atoms with Crippen molar-refractivity contribution in [3.05, 3.63) is 64.1 Å². The smallest absolute Gasteiger partial charge is 0.244 e. The molecule has 2 rings (SSSR count). The van der Waals surface area contributed by atoms with Crippen molar-refractivity contribution < 1.29 is 18.0 Å². The number of para-hydroxylation sites is 1. The van der Waals surface area contributed by atoms with Crippen molar-refractivity contribution in [1.82, 2.24) is 10.2 Å². The maximum Gasteiger partial charge on any atom is 0.244 e. The van der Waals surface area contributed by atoms with Gasteiger partial charge in [0, 0.05) is 12.1 Å². The lowest BCUT2D eigenvalue weighted by Gasteiger charge is -2.34. The number of anilines is 1. The van der Waals surface area contributed by atoms with E-state index in [0.29, 0.717) is 27.7 Å². The van der Waals surface area contributed by atoms with E-state index < -0.39 is 34.1 Å². The van der Waals surface area contributed by atoms with Crippen LogP contribution in [0.3, 0.4) is 0 Å². The van der Waals surface area contributed by atoms with E-state index in [1.54, 1.807) is 55.5 Å². The predicted molar refractivity (Wildman–Crippen MR) is 138 cm³/mol. The van der Waals surface area contributed by atoms with E-state index in [-0.39, 0.29) is 12.5 Å². The van der Waals surface area contributed by atoms with Crippen LogP contribution in [0.5, 0.6) is 0 Å². The van der Waals surface area contributed by atoms with Crippen LogP contribution >= 0.6 is 23.2 Å². The maximum absolute atomic E-state index is 13.6. The number of hydrogen-bond acceptors (Lipinski definition) is 4. The number of amides is 2. The van der Waals surface area contributed by atoms with Gasteiger partial charge in [0.25, 0.3) is 0 Å². The molecule has 7 nitrogen and oxygen atoms in total. The Morgan fingerprint density at radius 1 is 1.03 bits per heavy atom. The van der Waals surface area contributed by atoms with Gasteiger partial charge < -0.3 is 10.2 Å². The number of carbonyl (C=O) groups excluding carboxylic acids is 2. The zero-order valence-corrected chi connectivity index (χ0v) is 22.3. The minimum atomic E-state index is -3.77. The van der Waals surface area contributed by atoms with Crippen LogP contribution in [0.15, 0.2) is 48.5 Å². The van der Waals surface area contributed by atoms with E-state index in [1.165, 1.54) is 4.90 Å². The van der Waals surface area contributed by atoms with Gasteiger partial charge in [-0.15, -0.1) is 0 Å². The molecule has 0 saturated carbocycles. The third kappa shape index (κ3) is 7.89. The van der Waals surface area contributed by atoms with Gasteiger partial charge in [-0.3, -0.25) is 13.9 Å². The fraction of sp³-hybridized carbons (Fsp3) is 0.417. The Labute approximate surface area is 212 Å². The van der Waals surface area contributed by atoms with Gasteiger partial charge in [0.15, 0.2) is 0 Å². The first-order chi connectivity index (χ1) is 15.7. The van der Waals surface area contributed by atoms with E-state index >= 15 is 0 Å². The summed E-state index contributed by atoms with van der Waals surface area (Å²) >= 11 is 12.2. The summed E-state index contributed by atoms with van der Waals surface area (Å²) in [5.74, 6) is -0.842. The molecule has 0 heterocycles. The van der Waals surface area contributed by atoms with Gasteiger partial charge in [-0.2, -0.15) is 0 Å². The minimum absolute atomic E-state index is 0.0538. The minimum Gasteiger partial charge on any atom is -0.350 e. The lowest BCUT2D eigenvalue weighted by molar-refractivity contribution is -0.141. The monoisotopic (exact) mass is 527 g/mol. The molecular formula is C24H31Cl2N3O4S. The fourth-order valence-electron chi connectivity index (χ4n) is 3.42. The molecule has 0 saturated heterocycles. The van der Waals surface area contributed by atoms with Crippen molar-refractivity contribution in [2.75, 3.05) is 17.1 Å². The maximum atomic E-state index is 13.6. The SMILES string of the molecule is CC[C@H](C(=O)NC(C)(C)C)N(Cc1ccc(Cl)c(Cl)c1)C(=O)CN(c1ccccc1)S(C)(=O)=O. The third-order valence-corrected chi connectivity index (χ3v) is 6.82. The number of benzene rings is 2. The Balaban J connectivity index is 2.46. The van der Waals surface area contributed by atoms with Gasteiger partial charge in [0.2, 0.25) is 21.8 Å². The van der Waals surface area contributed by atoms with Crippen LogP contribution in [0, 0.1) is 0 Å². The summed E-state index contributed by atoms with van der Waals surface area (Å²) in [6.45, 7) is 6.95. The van der Waals surface area contributed by atoms with E-state index in [2.05, 4.69) is 5.32 Å². The highest BCUT2D eigenvalue weighted by atomic mass is 35.5. The Bertz CT molecular complexity index is 1120. The summed E-state index contributed by atoms with van der Waals surface area (Å²) in [6, 6.07) is 12.5. The van der Waals surface area contributed by atoms with Gasteiger partial charge in [-0.05, 0) is 57.0 Å². The zero-order chi connectivity index (χ0) is 25.7. The van der Waals surface area contributed by atoms with Crippen LogP contribution < -0.4 is 9.62 Å². The number of hydrogen-bond donors (Lipinski definition) is 1. The molecule has 0 unspecified atom stereocenters. The Hall–Kier alpha value is -2.29. The first-order valence-electron chi connectivity index (χ1n) is 10.8. The zero-order valence-electron chi connectivity index (χ0n) is 20.0. The summed E-state index contributed by atoms with van der Waals surface area (Å²) in [4.78, 5) is 28.1. The van der Waals surface area contributed by atoms with Crippen LogP contribution in [-0.2, 0) is 26.2 Å². The van der Waals surface area contributed by atoms with Crippen LogP contribution in [0.2, 0.25) is 10.0 Å². The highest BCUT2D eigenvalue weighted by molar-refractivity contribution is 7.92. The van der Waals surface area contributed by atoms with Gasteiger partial charge in [-0.1, -0.05) is 54.4 Å². The second-order valence-corrected chi connectivity index (χ2v) is 11.8. The van der Waals surface area contributed by atoms with Gasteiger partial charge in [0.05, 0.1) is 22.0 Å². The molecule has 0 aliphatic carbocycles. The average Bonchev–Trinajstić information content (AvgIpc) is 2.72. The molecule has 0 bridgehead atoms. The molecule has 34 heavy (non-hydrogen) atoms. The summed E-state index contributed by atoms with van der Waals surface area (Å²) in [7, 11) is -3.77. The second kappa shape index (κ2) is 11.4. The van der Waals surface area contributed by atoms with Crippen molar-refractivity contribution in [3.63, 3.8) is 0 Å². The number of sulfonamides is 1. The lowest BCUT2D eigenvalue weighted by Crippen LogP contribution is -2.55. The Morgan fingerprint density at radius 3 is 2.15 bits per heavy atom. The molecule has 186 valence electrons. The quantitative estimate of drug-likeness (QED) is 0.520. The van der Waals surface area contributed by atoms with Gasteiger partial charge in [-0.25, -0.2) is 8.42 Å². The van der Waals surface area contributed by atoms with E-state index in [1.807, 2.05) is 20.8 Å². The van der Waals surface area contributed by atoms with Crippen molar-refractivity contribution in [1.29, 1.82) is 0 Å². The standard InChI is InChI=1S/C24H31Cl2N3O4S/c1-6-21(23(31)27-24(2,3)4)28(15-17-12-13-19(25)20(26)14-17)22(30)16-29(34(5,32)33)18-10-8-7-9-11-18/h7-14,21H,6,15-16H2,1-5H3,(H,27,31)/t21-/m1/s1. The molecule has 2 aromatic rings. The normalized spacial score (nSPS) is 12.7. The van der Waals surface area contributed by atoms with E-state index in [0.717, 1.165) is 10.6 Å². The highest BCUT2D eigenvalue weighted by Crippen LogP contribution is 2.25. The topological polar surface area (TPSA) is 86.8 Å². The summed E-state index contributed by atoms with van der Waals surface area (Å²) in [6.07, 6.45) is 1.37. The van der Waals surface area contributed by atoms with Crippen molar-refractivity contribution in [2.24, 2.45) is 0 Å². The Morgan fingerprint density at radius 2 is 1.65 bits per heavy atom. The third-order valence-electron chi connectivity index (χ3n) is 4.94. The molecule has 2 amide bonds. The first kappa shape index (κ1) is 28.0. The molecule has 2 aromatic carbocycles. The fourth-order valence-corrected chi connectivity index (χ4v) is 4.59. The van der Waals surface area contributed by atoms with Crippen LogP contribution in [0.4, 0.5) is 5.69 Å². The lowest BCUT2D eigenvalue weighted by atomic mass is 10.1. The number of halogens is 2. The molecule has 1 N–H and O–H groups in total. The van der Waals surface area contributed by atoms with E-state index in [4.69, 9.17) is 23.2 Å². The largest absolute Gasteiger partial charge is 0.350 e. The van der Waals surface area contributed by atoms with Crippen LogP contribution in [0.1, 0.15) is 39.7 Å². The van der Waals surface area contributed by atoms with Gasteiger partial charge >= 0.3 is 0 Å². The molecule has 0 fully saturated rings. The number of nitrogens with one attached hydrogen (secondary N) is 1. The number of rotatable bonds is 9. The summed E-state index contributed by atoms with van der Waals surface area (Å²) in [5.41, 5.74) is 0.515. The highest BCUT2D eigenvalue weighted by Gasteiger charge is 2.33.